The van der Waals surface area contributed by atoms with Crippen LogP contribution in [0.5, 0.6) is 0 Å². The molecule has 31 heavy (non-hydrogen) atoms. The Morgan fingerprint density at radius 3 is 3.03 bits per heavy atom. The third-order valence-electron chi connectivity index (χ3n) is 6.51. The molecule has 1 amide bonds. The van der Waals surface area contributed by atoms with Gasteiger partial charge in [-0.2, -0.15) is 0 Å². The van der Waals surface area contributed by atoms with E-state index in [0.29, 0.717) is 37.1 Å². The van der Waals surface area contributed by atoms with E-state index in [1.165, 1.54) is 17.7 Å². The highest BCUT2D eigenvalue weighted by Crippen LogP contribution is 2.32. The molecule has 1 N–H and O–H groups in total. The molecule has 3 aromatic heterocycles. The van der Waals surface area contributed by atoms with Crippen molar-refractivity contribution in [2.24, 2.45) is 0 Å². The zero-order valence-corrected chi connectivity index (χ0v) is 18.8. The van der Waals surface area contributed by atoms with E-state index in [9.17, 15) is 9.59 Å². The molecule has 0 aliphatic carbocycles. The summed E-state index contributed by atoms with van der Waals surface area (Å²) in [7, 11) is 0. The zero-order chi connectivity index (χ0) is 21.4. The van der Waals surface area contributed by atoms with Gasteiger partial charge in [0.05, 0.1) is 29.5 Å². The van der Waals surface area contributed by atoms with Crippen LogP contribution in [-0.4, -0.2) is 43.4 Å². The van der Waals surface area contributed by atoms with Gasteiger partial charge in [0.2, 0.25) is 5.91 Å². The van der Waals surface area contributed by atoms with Crippen molar-refractivity contribution in [2.75, 3.05) is 13.1 Å². The standard InChI is InChI=1S/C23H29N5O2S/c1-2-6-22(29)27-11-9-18-17(15-27)23(30)28-21(24-18)13-19(25-28)20-8-3-4-10-26(20)14-16-7-5-12-31-16/h5,7,12-13,20,25H,2-4,6,8-11,14-15H2,1H3. The second kappa shape index (κ2) is 8.59. The van der Waals surface area contributed by atoms with Crippen LogP contribution in [0, 0.1) is 0 Å². The van der Waals surface area contributed by atoms with Crippen LogP contribution in [0.25, 0.3) is 5.65 Å². The lowest BCUT2D eigenvalue weighted by molar-refractivity contribution is -0.132. The van der Waals surface area contributed by atoms with E-state index in [-0.39, 0.29) is 17.5 Å². The van der Waals surface area contributed by atoms with Crippen molar-refractivity contribution in [1.82, 2.24) is 24.4 Å². The summed E-state index contributed by atoms with van der Waals surface area (Å²) in [6.45, 7) is 5.01. The highest BCUT2D eigenvalue weighted by atomic mass is 32.1. The fourth-order valence-electron chi connectivity index (χ4n) is 4.89. The largest absolute Gasteiger partial charge is 0.338 e. The predicted molar refractivity (Wildman–Crippen MR) is 121 cm³/mol. The van der Waals surface area contributed by atoms with Gasteiger partial charge in [0.15, 0.2) is 5.65 Å². The molecule has 1 fully saturated rings. The van der Waals surface area contributed by atoms with E-state index in [0.717, 1.165) is 37.3 Å². The molecule has 164 valence electrons. The summed E-state index contributed by atoms with van der Waals surface area (Å²) in [5.74, 6) is 0.122. The van der Waals surface area contributed by atoms with Crippen molar-refractivity contribution in [3.8, 4) is 0 Å². The number of hydrogen-bond acceptors (Lipinski definition) is 5. The number of aromatic nitrogens is 3. The molecule has 0 bridgehead atoms. The Hall–Kier alpha value is -2.45. The molecule has 0 aromatic carbocycles. The summed E-state index contributed by atoms with van der Waals surface area (Å²) < 4.78 is 1.58. The molecule has 0 radical (unpaired) electrons. The first-order valence-electron chi connectivity index (χ1n) is 11.3. The Bertz CT molecular complexity index is 1130. The van der Waals surface area contributed by atoms with Crippen LogP contribution < -0.4 is 5.56 Å². The Morgan fingerprint density at radius 2 is 2.23 bits per heavy atom. The Kier molecular flexibility index (Phi) is 5.67. The van der Waals surface area contributed by atoms with Crippen LogP contribution in [0.1, 0.15) is 66.9 Å². The van der Waals surface area contributed by atoms with Crippen molar-refractivity contribution < 1.29 is 4.79 Å². The number of carbonyl (C=O) groups is 1. The third-order valence-corrected chi connectivity index (χ3v) is 7.37. The van der Waals surface area contributed by atoms with E-state index in [1.807, 2.05) is 13.0 Å². The maximum atomic E-state index is 13.3. The predicted octanol–water partition coefficient (Wildman–Crippen LogP) is 3.50. The van der Waals surface area contributed by atoms with Crippen LogP contribution in [-0.2, 0) is 24.3 Å². The van der Waals surface area contributed by atoms with Crippen molar-refractivity contribution in [3.05, 3.63) is 55.8 Å². The highest BCUT2D eigenvalue weighted by Gasteiger charge is 2.28. The van der Waals surface area contributed by atoms with Crippen molar-refractivity contribution in [1.29, 1.82) is 0 Å². The number of aromatic amines is 1. The second-order valence-corrected chi connectivity index (χ2v) is 9.66. The maximum Gasteiger partial charge on any atom is 0.277 e. The van der Waals surface area contributed by atoms with Crippen molar-refractivity contribution >= 4 is 22.9 Å². The van der Waals surface area contributed by atoms with Gasteiger partial charge in [-0.1, -0.05) is 19.4 Å². The highest BCUT2D eigenvalue weighted by molar-refractivity contribution is 7.09. The summed E-state index contributed by atoms with van der Waals surface area (Å²) in [5, 5.41) is 5.49. The summed E-state index contributed by atoms with van der Waals surface area (Å²) in [6, 6.07) is 6.60. The Balaban J connectivity index is 1.46. The number of rotatable bonds is 5. The lowest BCUT2D eigenvalue weighted by Crippen LogP contribution is -2.40. The van der Waals surface area contributed by atoms with Gasteiger partial charge in [0.1, 0.15) is 0 Å². The molecule has 1 unspecified atom stereocenters. The maximum absolute atomic E-state index is 13.3. The normalized spacial score (nSPS) is 19.6. The molecular weight excluding hydrogens is 410 g/mol. The van der Waals surface area contributed by atoms with Gasteiger partial charge in [-0.05, 0) is 37.3 Å². The van der Waals surface area contributed by atoms with Gasteiger partial charge >= 0.3 is 0 Å². The fourth-order valence-corrected chi connectivity index (χ4v) is 5.62. The average molecular weight is 440 g/mol. The van der Waals surface area contributed by atoms with E-state index in [1.54, 1.807) is 20.8 Å². The van der Waals surface area contributed by atoms with Gasteiger partial charge in [-0.15, -0.1) is 11.3 Å². The SMILES string of the molecule is CCCC(=O)N1CCc2nc3cc(C4CCCCN4Cc4cccs4)[nH]n3c(=O)c2C1. The number of amides is 1. The molecule has 5 rings (SSSR count). The molecule has 1 saturated heterocycles. The van der Waals surface area contributed by atoms with Gasteiger partial charge in [0, 0.05) is 36.9 Å². The van der Waals surface area contributed by atoms with Gasteiger partial charge in [0.25, 0.3) is 5.56 Å². The molecular formula is C23H29N5O2S. The van der Waals surface area contributed by atoms with Gasteiger partial charge in [-0.25, -0.2) is 9.50 Å². The van der Waals surface area contributed by atoms with Crippen molar-refractivity contribution in [2.45, 2.75) is 64.6 Å². The van der Waals surface area contributed by atoms with Crippen LogP contribution in [0.15, 0.2) is 28.4 Å². The minimum atomic E-state index is -0.0686. The number of piperidine rings is 1. The molecule has 1 atom stereocenters. The first-order valence-corrected chi connectivity index (χ1v) is 12.2. The number of nitrogens with zero attached hydrogens (tertiary/aromatic N) is 4. The van der Waals surface area contributed by atoms with Crippen LogP contribution >= 0.6 is 11.3 Å². The van der Waals surface area contributed by atoms with Crippen molar-refractivity contribution in [3.63, 3.8) is 0 Å². The third kappa shape index (κ3) is 3.94. The second-order valence-electron chi connectivity index (χ2n) is 8.62. The number of nitrogens with one attached hydrogen (secondary N) is 1. The number of carbonyl (C=O) groups excluding carboxylic acids is 1. The first-order chi connectivity index (χ1) is 15.1. The number of likely N-dealkylation sites (tertiary alicyclic amines) is 1. The molecule has 3 aromatic rings. The first kappa shape index (κ1) is 20.5. The topological polar surface area (TPSA) is 73.7 Å². The number of fused-ring (bicyclic) bond motifs is 2. The number of hydrogen-bond donors (Lipinski definition) is 1. The molecule has 8 heteroatoms. The summed E-state index contributed by atoms with van der Waals surface area (Å²) >= 11 is 1.79. The van der Waals surface area contributed by atoms with E-state index in [4.69, 9.17) is 4.98 Å². The Labute approximate surface area is 185 Å². The van der Waals surface area contributed by atoms with Gasteiger partial charge in [-0.3, -0.25) is 19.6 Å². The van der Waals surface area contributed by atoms with Crippen LogP contribution in [0.2, 0.25) is 0 Å². The number of H-pyrrole nitrogens is 1. The molecule has 0 saturated carbocycles. The lowest BCUT2D eigenvalue weighted by Gasteiger charge is -2.34. The quantitative estimate of drug-likeness (QED) is 0.660. The molecule has 7 nitrogen and oxygen atoms in total. The van der Waals surface area contributed by atoms with E-state index >= 15 is 0 Å². The molecule has 5 heterocycles. The minimum absolute atomic E-state index is 0.0686. The summed E-state index contributed by atoms with van der Waals surface area (Å²) in [6.07, 6.45) is 5.46. The lowest BCUT2D eigenvalue weighted by atomic mass is 9.99. The van der Waals surface area contributed by atoms with Crippen LogP contribution in [0.3, 0.4) is 0 Å². The van der Waals surface area contributed by atoms with E-state index < -0.39 is 0 Å². The monoisotopic (exact) mass is 439 g/mol. The minimum Gasteiger partial charge on any atom is -0.338 e. The Morgan fingerprint density at radius 1 is 1.32 bits per heavy atom. The summed E-state index contributed by atoms with van der Waals surface area (Å²) in [4.78, 5) is 36.1. The zero-order valence-electron chi connectivity index (χ0n) is 18.0. The fraction of sp³-hybridized carbons (Fsp3) is 0.522. The van der Waals surface area contributed by atoms with Crippen LogP contribution in [0.4, 0.5) is 0 Å². The average Bonchev–Trinajstić information content (AvgIpc) is 3.44. The van der Waals surface area contributed by atoms with Gasteiger partial charge < -0.3 is 4.90 Å². The molecule has 2 aliphatic rings. The molecule has 0 spiro atoms. The summed E-state index contributed by atoms with van der Waals surface area (Å²) in [5.41, 5.74) is 3.17. The van der Waals surface area contributed by atoms with E-state index in [2.05, 4.69) is 27.5 Å². The number of thiophene rings is 1. The molecule has 2 aliphatic heterocycles. The smallest absolute Gasteiger partial charge is 0.277 e.